The Morgan fingerprint density at radius 3 is 2.47 bits per heavy atom. The summed E-state index contributed by atoms with van der Waals surface area (Å²) in [5.41, 5.74) is 2.27. The first-order valence-electron chi connectivity index (χ1n) is 6.69. The monoisotopic (exact) mass is 256 g/mol. The molecule has 1 aliphatic rings. The molecule has 0 amide bonds. The Bertz CT molecular complexity index is 593. The number of rotatable bonds is 2. The van der Waals surface area contributed by atoms with Gasteiger partial charge in [0.05, 0.1) is 5.60 Å². The molecule has 0 heterocycles. The molecule has 98 valence electrons. The van der Waals surface area contributed by atoms with Gasteiger partial charge in [0.15, 0.2) is 0 Å². The smallest absolute Gasteiger partial charge is 0.126 e. The Hall–Kier alpha value is -1.67. The molecule has 19 heavy (non-hydrogen) atoms. The molecule has 0 bridgehead atoms. The highest BCUT2D eigenvalue weighted by Gasteiger charge is 2.32. The molecule has 2 aromatic carbocycles. The van der Waals surface area contributed by atoms with Crippen LogP contribution in [0.1, 0.15) is 23.1 Å². The van der Waals surface area contributed by atoms with E-state index in [1.54, 1.807) is 12.1 Å². The maximum absolute atomic E-state index is 13.7. The average molecular weight is 256 g/mol. The van der Waals surface area contributed by atoms with E-state index in [1.165, 1.54) is 17.2 Å². The lowest BCUT2D eigenvalue weighted by Gasteiger charge is -2.33. The fraction of sp³-hybridized carbons (Fsp3) is 0.294. The summed E-state index contributed by atoms with van der Waals surface area (Å²) in [5.74, 6) is -0.227. The molecule has 0 saturated carbocycles. The molecule has 1 unspecified atom stereocenters. The van der Waals surface area contributed by atoms with Crippen LogP contribution in [0, 0.1) is 5.82 Å². The quantitative estimate of drug-likeness (QED) is 0.874. The minimum atomic E-state index is -0.823. The number of halogens is 1. The average Bonchev–Trinajstić information content (AvgIpc) is 2.41. The maximum Gasteiger partial charge on any atom is 0.126 e. The van der Waals surface area contributed by atoms with Crippen LogP contribution in [0.15, 0.2) is 48.5 Å². The second-order valence-corrected chi connectivity index (χ2v) is 5.44. The third-order valence-corrected chi connectivity index (χ3v) is 3.97. The van der Waals surface area contributed by atoms with Gasteiger partial charge in [0.25, 0.3) is 0 Å². The number of fused-ring (bicyclic) bond motifs is 1. The lowest BCUT2D eigenvalue weighted by Crippen LogP contribution is -2.38. The van der Waals surface area contributed by atoms with Gasteiger partial charge in [0.2, 0.25) is 0 Å². The summed E-state index contributed by atoms with van der Waals surface area (Å²) in [5, 5.41) is 10.7. The van der Waals surface area contributed by atoms with Crippen molar-refractivity contribution in [2.45, 2.75) is 31.3 Å². The van der Waals surface area contributed by atoms with Crippen LogP contribution in [0.3, 0.4) is 0 Å². The molecule has 1 atom stereocenters. The van der Waals surface area contributed by atoms with E-state index in [1.807, 2.05) is 18.2 Å². The highest BCUT2D eigenvalue weighted by Crippen LogP contribution is 2.31. The van der Waals surface area contributed by atoms with Crippen LogP contribution < -0.4 is 0 Å². The normalized spacial score (nSPS) is 22.0. The molecule has 0 spiro atoms. The van der Waals surface area contributed by atoms with Gasteiger partial charge in [-0.05, 0) is 35.6 Å². The minimum Gasteiger partial charge on any atom is -0.389 e. The summed E-state index contributed by atoms with van der Waals surface area (Å²) in [7, 11) is 0. The highest BCUT2D eigenvalue weighted by molar-refractivity contribution is 5.32. The minimum absolute atomic E-state index is 0.227. The number of benzene rings is 2. The lowest BCUT2D eigenvalue weighted by atomic mass is 9.77. The van der Waals surface area contributed by atoms with Crippen LogP contribution in [-0.2, 0) is 19.3 Å². The fourth-order valence-electron chi connectivity index (χ4n) is 2.93. The van der Waals surface area contributed by atoms with Crippen molar-refractivity contribution in [3.8, 4) is 0 Å². The van der Waals surface area contributed by atoms with E-state index in [-0.39, 0.29) is 5.82 Å². The fourth-order valence-corrected chi connectivity index (χ4v) is 2.93. The summed E-state index contributed by atoms with van der Waals surface area (Å²) in [4.78, 5) is 0. The van der Waals surface area contributed by atoms with Gasteiger partial charge >= 0.3 is 0 Å². The van der Waals surface area contributed by atoms with Crippen LogP contribution in [0.4, 0.5) is 4.39 Å². The molecule has 1 N–H and O–H groups in total. The zero-order valence-corrected chi connectivity index (χ0v) is 10.8. The second kappa shape index (κ2) is 4.78. The Morgan fingerprint density at radius 2 is 1.68 bits per heavy atom. The highest BCUT2D eigenvalue weighted by atomic mass is 19.1. The van der Waals surface area contributed by atoms with E-state index in [2.05, 4.69) is 12.1 Å². The third kappa shape index (κ3) is 2.54. The molecule has 1 nitrogen and oxygen atoms in total. The topological polar surface area (TPSA) is 20.2 Å². The molecule has 3 rings (SSSR count). The number of hydrogen-bond donors (Lipinski definition) is 1. The summed E-state index contributed by atoms with van der Waals surface area (Å²) >= 11 is 0. The molecule has 0 radical (unpaired) electrons. The number of aliphatic hydroxyl groups is 1. The predicted octanol–water partition coefficient (Wildman–Crippen LogP) is 3.29. The van der Waals surface area contributed by atoms with Gasteiger partial charge in [-0.2, -0.15) is 0 Å². The Kier molecular flexibility index (Phi) is 3.11. The molecule has 2 heteroatoms. The van der Waals surface area contributed by atoms with Gasteiger partial charge < -0.3 is 5.11 Å². The van der Waals surface area contributed by atoms with Crippen LogP contribution in [0.2, 0.25) is 0 Å². The molecule has 0 aromatic heterocycles. The van der Waals surface area contributed by atoms with Crippen molar-refractivity contribution < 1.29 is 9.50 Å². The standard InChI is InChI=1S/C17H17FO/c18-16-8-4-3-7-15(16)12-17(19)10-9-13-5-1-2-6-14(13)11-17/h1-8,19H,9-12H2. The lowest BCUT2D eigenvalue weighted by molar-refractivity contribution is 0.0259. The number of hydrogen-bond acceptors (Lipinski definition) is 1. The third-order valence-electron chi connectivity index (χ3n) is 3.97. The van der Waals surface area contributed by atoms with Crippen molar-refractivity contribution in [3.63, 3.8) is 0 Å². The van der Waals surface area contributed by atoms with Crippen molar-refractivity contribution in [3.05, 3.63) is 71.0 Å². The van der Waals surface area contributed by atoms with Crippen LogP contribution in [-0.4, -0.2) is 10.7 Å². The van der Waals surface area contributed by atoms with Crippen LogP contribution >= 0.6 is 0 Å². The SMILES string of the molecule is OC1(Cc2ccccc2F)CCc2ccccc2C1. The van der Waals surface area contributed by atoms with Crippen molar-refractivity contribution in [1.82, 2.24) is 0 Å². The van der Waals surface area contributed by atoms with Gasteiger partial charge in [-0.15, -0.1) is 0 Å². The first-order chi connectivity index (χ1) is 9.16. The first-order valence-corrected chi connectivity index (χ1v) is 6.69. The van der Waals surface area contributed by atoms with Gasteiger partial charge in [0, 0.05) is 12.8 Å². The molecular weight excluding hydrogens is 239 g/mol. The Labute approximate surface area is 112 Å². The van der Waals surface area contributed by atoms with Gasteiger partial charge in [-0.25, -0.2) is 4.39 Å². The molecule has 0 fully saturated rings. The molecule has 0 aliphatic heterocycles. The van der Waals surface area contributed by atoms with Crippen molar-refractivity contribution in [2.24, 2.45) is 0 Å². The molecule has 2 aromatic rings. The van der Waals surface area contributed by atoms with E-state index in [9.17, 15) is 9.50 Å². The van der Waals surface area contributed by atoms with Crippen LogP contribution in [0.5, 0.6) is 0 Å². The largest absolute Gasteiger partial charge is 0.389 e. The number of aryl methyl sites for hydroxylation is 1. The summed E-state index contributed by atoms with van der Waals surface area (Å²) < 4.78 is 13.7. The van der Waals surface area contributed by atoms with E-state index < -0.39 is 5.60 Å². The van der Waals surface area contributed by atoms with Crippen molar-refractivity contribution in [1.29, 1.82) is 0 Å². The second-order valence-electron chi connectivity index (χ2n) is 5.44. The zero-order valence-electron chi connectivity index (χ0n) is 10.8. The molecule has 0 saturated heterocycles. The summed E-state index contributed by atoms with van der Waals surface area (Å²) in [6, 6.07) is 14.9. The van der Waals surface area contributed by atoms with Crippen molar-refractivity contribution >= 4 is 0 Å². The van der Waals surface area contributed by atoms with E-state index >= 15 is 0 Å². The predicted molar refractivity (Wildman–Crippen MR) is 73.5 cm³/mol. The van der Waals surface area contributed by atoms with E-state index in [0.29, 0.717) is 24.8 Å². The Balaban J connectivity index is 1.84. The molecule has 1 aliphatic carbocycles. The van der Waals surface area contributed by atoms with E-state index in [0.717, 1.165) is 6.42 Å². The Morgan fingerprint density at radius 1 is 1.00 bits per heavy atom. The first kappa shape index (κ1) is 12.4. The van der Waals surface area contributed by atoms with Crippen LogP contribution in [0.25, 0.3) is 0 Å². The van der Waals surface area contributed by atoms with Crippen molar-refractivity contribution in [2.75, 3.05) is 0 Å². The zero-order chi connectivity index (χ0) is 13.3. The summed E-state index contributed by atoms with van der Waals surface area (Å²) in [6.07, 6.45) is 2.55. The maximum atomic E-state index is 13.7. The summed E-state index contributed by atoms with van der Waals surface area (Å²) in [6.45, 7) is 0. The molecular formula is C17H17FO. The van der Waals surface area contributed by atoms with Gasteiger partial charge in [0.1, 0.15) is 5.82 Å². The van der Waals surface area contributed by atoms with E-state index in [4.69, 9.17) is 0 Å². The van der Waals surface area contributed by atoms with Gasteiger partial charge in [-0.1, -0.05) is 42.5 Å². The van der Waals surface area contributed by atoms with Gasteiger partial charge in [-0.3, -0.25) is 0 Å².